The van der Waals surface area contributed by atoms with Crippen molar-refractivity contribution in [1.82, 2.24) is 14.6 Å². The zero-order chi connectivity index (χ0) is 27.4. The van der Waals surface area contributed by atoms with Crippen LogP contribution in [0.25, 0.3) is 10.9 Å². The molecule has 15 heteroatoms. The van der Waals surface area contributed by atoms with Crippen molar-refractivity contribution in [3.63, 3.8) is 0 Å². The predicted octanol–water partition coefficient (Wildman–Crippen LogP) is 0.671. The van der Waals surface area contributed by atoms with Gasteiger partial charge in [-0.1, -0.05) is 28.1 Å². The average Bonchev–Trinajstić information content (AvgIpc) is 3.27. The number of ether oxygens (including phenoxy) is 1. The second-order valence-electron chi connectivity index (χ2n) is 7.80. The van der Waals surface area contributed by atoms with Gasteiger partial charge >= 0.3 is 0 Å². The first kappa shape index (κ1) is 28.9. The Balaban J connectivity index is 0.00000186. The van der Waals surface area contributed by atoms with Gasteiger partial charge in [0.15, 0.2) is 6.29 Å². The summed E-state index contributed by atoms with van der Waals surface area (Å²) < 4.78 is 57.0. The van der Waals surface area contributed by atoms with Gasteiger partial charge in [0.25, 0.3) is 5.91 Å². The van der Waals surface area contributed by atoms with Crippen LogP contribution >= 0.6 is 15.9 Å². The topological polar surface area (TPSA) is 195 Å². The normalized spacial score (nSPS) is 16.6. The van der Waals surface area contributed by atoms with Gasteiger partial charge < -0.3 is 20.8 Å². The van der Waals surface area contributed by atoms with Gasteiger partial charge in [0.2, 0.25) is 20.0 Å². The van der Waals surface area contributed by atoms with Gasteiger partial charge in [-0.15, -0.1) is 0 Å². The van der Waals surface area contributed by atoms with E-state index in [1.165, 1.54) is 31.3 Å². The van der Waals surface area contributed by atoms with Crippen molar-refractivity contribution >= 4 is 59.1 Å². The van der Waals surface area contributed by atoms with Gasteiger partial charge in [0, 0.05) is 35.0 Å². The molecule has 1 atom stereocenters. The number of rotatable bonds is 7. The lowest BCUT2D eigenvalue weighted by Crippen LogP contribution is -2.51. The molecule has 200 valence electrons. The number of carbonyl (C=O) groups excluding carboxylic acids is 2. The third kappa shape index (κ3) is 6.43. The monoisotopic (exact) mass is 615 g/mol. The summed E-state index contributed by atoms with van der Waals surface area (Å²) in [7, 11) is -6.46. The summed E-state index contributed by atoms with van der Waals surface area (Å²) in [6.45, 7) is -0.164. The molecular weight excluding hydrogens is 590 g/mol. The Kier molecular flexibility index (Phi) is 9.22. The smallest absolute Gasteiger partial charge is 0.250 e. The summed E-state index contributed by atoms with van der Waals surface area (Å²) in [5.41, 5.74) is 5.53. The molecule has 0 aliphatic carbocycles. The molecule has 0 radical (unpaired) electrons. The van der Waals surface area contributed by atoms with Crippen LogP contribution in [-0.2, 0) is 36.1 Å². The second kappa shape index (κ2) is 11.8. The van der Waals surface area contributed by atoms with E-state index in [-0.39, 0.29) is 41.7 Å². The number of nitrogens with one attached hydrogen (secondary N) is 2. The molecule has 0 spiro atoms. The van der Waals surface area contributed by atoms with Crippen LogP contribution in [0.2, 0.25) is 0 Å². The van der Waals surface area contributed by atoms with Crippen LogP contribution < -0.4 is 16.2 Å². The maximum atomic E-state index is 13.5. The van der Waals surface area contributed by atoms with Crippen molar-refractivity contribution in [3.05, 3.63) is 58.2 Å². The van der Waals surface area contributed by atoms with Crippen molar-refractivity contribution in [2.45, 2.75) is 22.4 Å². The minimum Gasteiger partial charge on any atom is -0.366 e. The van der Waals surface area contributed by atoms with E-state index in [9.17, 15) is 26.4 Å². The average molecular weight is 617 g/mol. The molecule has 1 amide bonds. The van der Waals surface area contributed by atoms with Gasteiger partial charge in [-0.2, -0.15) is 4.31 Å². The molecular formula is C22H26BrN5O7S2. The van der Waals surface area contributed by atoms with Crippen LogP contribution in [0.4, 0.5) is 0 Å². The van der Waals surface area contributed by atoms with Gasteiger partial charge in [0.1, 0.15) is 11.0 Å². The first-order valence-electron chi connectivity index (χ1n) is 10.9. The van der Waals surface area contributed by atoms with Crippen LogP contribution in [0.15, 0.2) is 56.7 Å². The number of H-pyrrole nitrogens is 1. The van der Waals surface area contributed by atoms with E-state index >= 15 is 0 Å². The molecule has 37 heavy (non-hydrogen) atoms. The van der Waals surface area contributed by atoms with Crippen LogP contribution in [-0.4, -0.2) is 71.2 Å². The largest absolute Gasteiger partial charge is 0.366 e. The Labute approximate surface area is 222 Å². The van der Waals surface area contributed by atoms with E-state index < -0.39 is 32.1 Å². The van der Waals surface area contributed by atoms with Crippen LogP contribution in [0.5, 0.6) is 0 Å². The summed E-state index contributed by atoms with van der Waals surface area (Å²) in [6, 6.07) is 10.7. The summed E-state index contributed by atoms with van der Waals surface area (Å²) in [5.74, 6) is -0.530. The number of primary sulfonamides is 1. The molecule has 1 aliphatic heterocycles. The lowest BCUT2D eigenvalue weighted by Gasteiger charge is -2.31. The highest BCUT2D eigenvalue weighted by Crippen LogP contribution is 2.31. The molecule has 2 aromatic carbocycles. The van der Waals surface area contributed by atoms with E-state index in [4.69, 9.17) is 9.88 Å². The van der Waals surface area contributed by atoms with Gasteiger partial charge in [-0.3, -0.25) is 9.59 Å². The summed E-state index contributed by atoms with van der Waals surface area (Å²) in [6.07, 6.45) is -0.620. The number of benzene rings is 2. The molecule has 4 rings (SSSR count). The quantitative estimate of drug-likeness (QED) is 0.278. The highest BCUT2D eigenvalue weighted by Gasteiger charge is 2.37. The van der Waals surface area contributed by atoms with Crippen LogP contribution in [0.3, 0.4) is 0 Å². The Morgan fingerprint density at radius 1 is 1.19 bits per heavy atom. The number of halogens is 1. The number of hydrogen-bond acceptors (Lipinski definition) is 8. The van der Waals surface area contributed by atoms with Crippen molar-refractivity contribution in [2.75, 3.05) is 26.7 Å². The van der Waals surface area contributed by atoms with E-state index in [0.29, 0.717) is 27.2 Å². The fourth-order valence-electron chi connectivity index (χ4n) is 3.75. The second-order valence-corrected chi connectivity index (χ2v) is 12.2. The molecule has 1 unspecified atom stereocenters. The Bertz CT molecular complexity index is 1510. The highest BCUT2D eigenvalue weighted by molar-refractivity contribution is 9.10. The van der Waals surface area contributed by atoms with Crippen molar-refractivity contribution in [2.24, 2.45) is 10.9 Å². The standard InChI is InChI=1S/C21H21BrN4O7S2.CH5N/c22-14-3-6-17-16(9-14)20(18(12-27)25-17)35(31,32)26-7-8-33-19(11-26)21(28)24-10-13-1-4-15(5-2-13)34(23,29)30;1-2/h1-6,9,12,19,25H,7-8,10-11H2,(H,24,28)(H2,23,29,30);2H2,1H3. The molecule has 6 N–H and O–H groups in total. The third-order valence-electron chi connectivity index (χ3n) is 5.50. The lowest BCUT2D eigenvalue weighted by atomic mass is 10.2. The predicted molar refractivity (Wildman–Crippen MR) is 140 cm³/mol. The zero-order valence-corrected chi connectivity index (χ0v) is 22.9. The maximum Gasteiger partial charge on any atom is 0.250 e. The first-order chi connectivity index (χ1) is 17.5. The van der Waals surface area contributed by atoms with E-state index in [1.54, 1.807) is 18.2 Å². The molecule has 12 nitrogen and oxygen atoms in total. The Morgan fingerprint density at radius 2 is 1.86 bits per heavy atom. The minimum atomic E-state index is -4.14. The zero-order valence-electron chi connectivity index (χ0n) is 19.7. The number of sulfonamides is 2. The molecule has 3 aromatic rings. The minimum absolute atomic E-state index is 0.0111. The number of carbonyl (C=O) groups is 2. The van der Waals surface area contributed by atoms with Gasteiger partial charge in [-0.05, 0) is 42.9 Å². The third-order valence-corrected chi connectivity index (χ3v) is 8.89. The fourth-order valence-corrected chi connectivity index (χ4v) is 6.36. The Hall–Kier alpha value is -2.66. The lowest BCUT2D eigenvalue weighted by molar-refractivity contribution is -0.136. The number of hydrogen-bond donors (Lipinski definition) is 4. The number of amides is 1. The SMILES string of the molecule is CN.NS(=O)(=O)c1ccc(CNC(=O)C2CN(S(=O)(=O)c3c(C=O)[nH]c4ccc(Br)cc34)CCO2)cc1. The number of aromatic amines is 1. The number of aromatic nitrogens is 1. The van der Waals surface area contributed by atoms with E-state index in [0.717, 1.165) is 4.31 Å². The van der Waals surface area contributed by atoms with E-state index in [1.807, 2.05) is 0 Å². The molecule has 1 saturated heterocycles. The number of fused-ring (bicyclic) bond motifs is 1. The number of aldehydes is 1. The first-order valence-corrected chi connectivity index (χ1v) is 14.6. The van der Waals surface area contributed by atoms with Gasteiger partial charge in [-0.25, -0.2) is 22.0 Å². The van der Waals surface area contributed by atoms with Gasteiger partial charge in [0.05, 0.1) is 17.2 Å². The summed E-state index contributed by atoms with van der Waals surface area (Å²) >= 11 is 3.32. The summed E-state index contributed by atoms with van der Waals surface area (Å²) in [5, 5.41) is 8.09. The molecule has 0 saturated carbocycles. The highest BCUT2D eigenvalue weighted by atomic mass is 79.9. The van der Waals surface area contributed by atoms with E-state index in [2.05, 4.69) is 32.0 Å². The fraction of sp³-hybridized carbons (Fsp3) is 0.273. The van der Waals surface area contributed by atoms with Crippen LogP contribution in [0, 0.1) is 0 Å². The molecule has 0 bridgehead atoms. The summed E-state index contributed by atoms with van der Waals surface area (Å²) in [4.78, 5) is 26.9. The van der Waals surface area contributed by atoms with Crippen LogP contribution in [0.1, 0.15) is 16.1 Å². The molecule has 1 fully saturated rings. The molecule has 1 aromatic heterocycles. The van der Waals surface area contributed by atoms with Crippen molar-refractivity contribution in [3.8, 4) is 0 Å². The van der Waals surface area contributed by atoms with Crippen molar-refractivity contribution in [1.29, 1.82) is 0 Å². The Morgan fingerprint density at radius 3 is 2.49 bits per heavy atom. The molecule has 2 heterocycles. The number of nitrogens with zero attached hydrogens (tertiary/aromatic N) is 1. The van der Waals surface area contributed by atoms with Crippen molar-refractivity contribution < 1.29 is 31.2 Å². The maximum absolute atomic E-state index is 13.5. The number of nitrogens with two attached hydrogens (primary N) is 2. The number of morpholine rings is 1. The molecule has 1 aliphatic rings.